The highest BCUT2D eigenvalue weighted by molar-refractivity contribution is 5.85. The Labute approximate surface area is 109 Å². The second-order valence-electron chi connectivity index (χ2n) is 5.89. The van der Waals surface area contributed by atoms with Gasteiger partial charge < -0.3 is 15.0 Å². The number of rotatable bonds is 0. The summed E-state index contributed by atoms with van der Waals surface area (Å²) in [7, 11) is 0. The number of ether oxygens (including phenoxy) is 1. The number of carbonyl (C=O) groups is 1. The molecule has 0 aliphatic carbocycles. The van der Waals surface area contributed by atoms with Crippen LogP contribution in [0.2, 0.25) is 0 Å². The van der Waals surface area contributed by atoms with Crippen molar-refractivity contribution < 1.29 is 9.53 Å². The van der Waals surface area contributed by atoms with Crippen molar-refractivity contribution in [1.82, 2.24) is 10.2 Å². The molecule has 2 atom stereocenters. The standard InChI is InChI=1S/C12H22N2O2.ClH/c1-12(2,3)16-11(15)14-5-4-9-6-13-7-10(9)8-14;/h9-10,13H,4-8H2,1-3H3;1H/t9-,10+;/m1./s1. The fourth-order valence-electron chi connectivity index (χ4n) is 2.53. The van der Waals surface area contributed by atoms with Crippen LogP contribution in [0.25, 0.3) is 0 Å². The zero-order valence-electron chi connectivity index (χ0n) is 10.9. The van der Waals surface area contributed by atoms with Crippen LogP contribution in [0.4, 0.5) is 4.79 Å². The Bertz CT molecular complexity index is 278. The van der Waals surface area contributed by atoms with E-state index in [1.54, 1.807) is 0 Å². The van der Waals surface area contributed by atoms with Crippen molar-refractivity contribution >= 4 is 18.5 Å². The van der Waals surface area contributed by atoms with E-state index in [0.29, 0.717) is 5.92 Å². The fraction of sp³-hybridized carbons (Fsp3) is 0.917. The molecule has 0 aromatic heterocycles. The van der Waals surface area contributed by atoms with Gasteiger partial charge >= 0.3 is 6.09 Å². The van der Waals surface area contributed by atoms with E-state index in [1.165, 1.54) is 0 Å². The summed E-state index contributed by atoms with van der Waals surface area (Å²) in [6, 6.07) is 0. The quantitative estimate of drug-likeness (QED) is 0.725. The number of fused-ring (bicyclic) bond motifs is 1. The van der Waals surface area contributed by atoms with Gasteiger partial charge in [0.2, 0.25) is 0 Å². The van der Waals surface area contributed by atoms with Crippen LogP contribution in [0.3, 0.4) is 0 Å². The molecule has 0 saturated carbocycles. The van der Waals surface area contributed by atoms with Gasteiger partial charge in [0.1, 0.15) is 5.60 Å². The minimum absolute atomic E-state index is 0. The molecule has 2 heterocycles. The molecule has 0 unspecified atom stereocenters. The summed E-state index contributed by atoms with van der Waals surface area (Å²) >= 11 is 0. The predicted molar refractivity (Wildman–Crippen MR) is 69.5 cm³/mol. The molecule has 100 valence electrons. The van der Waals surface area contributed by atoms with E-state index >= 15 is 0 Å². The maximum atomic E-state index is 11.9. The number of nitrogens with zero attached hydrogens (tertiary/aromatic N) is 1. The molecule has 2 aliphatic heterocycles. The molecule has 1 amide bonds. The Kier molecular flexibility index (Phi) is 4.67. The number of nitrogens with one attached hydrogen (secondary N) is 1. The van der Waals surface area contributed by atoms with Crippen LogP contribution >= 0.6 is 12.4 Å². The zero-order valence-corrected chi connectivity index (χ0v) is 11.7. The van der Waals surface area contributed by atoms with Crippen molar-refractivity contribution in [3.05, 3.63) is 0 Å². The van der Waals surface area contributed by atoms with Gasteiger partial charge in [-0.05, 0) is 52.1 Å². The highest BCUT2D eigenvalue weighted by atomic mass is 35.5. The summed E-state index contributed by atoms with van der Waals surface area (Å²) in [4.78, 5) is 13.7. The lowest BCUT2D eigenvalue weighted by molar-refractivity contribution is 0.0140. The van der Waals surface area contributed by atoms with Crippen molar-refractivity contribution in [3.8, 4) is 0 Å². The fourth-order valence-corrected chi connectivity index (χ4v) is 2.53. The van der Waals surface area contributed by atoms with Gasteiger partial charge in [0.05, 0.1) is 0 Å². The molecule has 17 heavy (non-hydrogen) atoms. The van der Waals surface area contributed by atoms with Crippen molar-refractivity contribution in [2.75, 3.05) is 26.2 Å². The third kappa shape index (κ3) is 3.75. The lowest BCUT2D eigenvalue weighted by Gasteiger charge is -2.35. The number of halogens is 1. The summed E-state index contributed by atoms with van der Waals surface area (Å²) in [5, 5.41) is 3.39. The second-order valence-corrected chi connectivity index (χ2v) is 5.89. The molecule has 2 aliphatic rings. The van der Waals surface area contributed by atoms with Crippen LogP contribution in [0.5, 0.6) is 0 Å². The lowest BCUT2D eigenvalue weighted by atomic mass is 9.89. The third-order valence-electron chi connectivity index (χ3n) is 3.36. The van der Waals surface area contributed by atoms with Crippen LogP contribution in [-0.4, -0.2) is 42.8 Å². The van der Waals surface area contributed by atoms with Crippen LogP contribution in [0.1, 0.15) is 27.2 Å². The van der Waals surface area contributed by atoms with Gasteiger partial charge in [0.25, 0.3) is 0 Å². The molecule has 2 rings (SSSR count). The first-order valence-electron chi connectivity index (χ1n) is 6.14. The van der Waals surface area contributed by atoms with E-state index in [0.717, 1.165) is 38.5 Å². The monoisotopic (exact) mass is 262 g/mol. The van der Waals surface area contributed by atoms with Crippen LogP contribution in [0.15, 0.2) is 0 Å². The normalized spacial score (nSPS) is 28.3. The number of hydrogen-bond acceptors (Lipinski definition) is 3. The molecule has 1 N–H and O–H groups in total. The van der Waals surface area contributed by atoms with Crippen LogP contribution in [0, 0.1) is 11.8 Å². The molecule has 0 radical (unpaired) electrons. The summed E-state index contributed by atoms with van der Waals surface area (Å²) in [6.07, 6.45) is 0.953. The largest absolute Gasteiger partial charge is 0.444 e. The first kappa shape index (κ1) is 14.6. The van der Waals surface area contributed by atoms with Crippen molar-refractivity contribution in [1.29, 1.82) is 0 Å². The SMILES string of the molecule is CC(C)(C)OC(=O)N1CC[C@@H]2CNC[C@H]2C1.Cl. The average molecular weight is 263 g/mol. The van der Waals surface area contributed by atoms with E-state index in [1.807, 2.05) is 25.7 Å². The van der Waals surface area contributed by atoms with Gasteiger partial charge in [-0.3, -0.25) is 0 Å². The number of hydrogen-bond donors (Lipinski definition) is 1. The Morgan fingerprint density at radius 1 is 1.29 bits per heavy atom. The van der Waals surface area contributed by atoms with Crippen molar-refractivity contribution in [2.45, 2.75) is 32.8 Å². The van der Waals surface area contributed by atoms with Crippen LogP contribution in [-0.2, 0) is 4.74 Å². The number of amides is 1. The molecular weight excluding hydrogens is 240 g/mol. The number of piperidine rings is 1. The Morgan fingerprint density at radius 3 is 2.59 bits per heavy atom. The number of likely N-dealkylation sites (tertiary alicyclic amines) is 1. The number of carbonyl (C=O) groups excluding carboxylic acids is 1. The third-order valence-corrected chi connectivity index (χ3v) is 3.36. The Balaban J connectivity index is 0.00000144. The maximum Gasteiger partial charge on any atom is 0.410 e. The van der Waals surface area contributed by atoms with Gasteiger partial charge in [0.15, 0.2) is 0 Å². The molecule has 4 nitrogen and oxygen atoms in total. The van der Waals surface area contributed by atoms with Crippen LogP contribution < -0.4 is 5.32 Å². The summed E-state index contributed by atoms with van der Waals surface area (Å²) in [5.74, 6) is 1.39. The van der Waals surface area contributed by atoms with Gasteiger partial charge in [-0.25, -0.2) is 4.79 Å². The minimum Gasteiger partial charge on any atom is -0.444 e. The average Bonchev–Trinajstić information content (AvgIpc) is 2.61. The Hall–Kier alpha value is -0.480. The molecule has 0 bridgehead atoms. The summed E-state index contributed by atoms with van der Waals surface area (Å²) in [6.45, 7) is 9.60. The van der Waals surface area contributed by atoms with Gasteiger partial charge in [-0.2, -0.15) is 0 Å². The van der Waals surface area contributed by atoms with Gasteiger partial charge in [-0.1, -0.05) is 0 Å². The van der Waals surface area contributed by atoms with E-state index in [-0.39, 0.29) is 24.1 Å². The molecule has 5 heteroatoms. The summed E-state index contributed by atoms with van der Waals surface area (Å²) < 4.78 is 5.39. The second kappa shape index (κ2) is 5.44. The van der Waals surface area contributed by atoms with E-state index in [4.69, 9.17) is 4.74 Å². The van der Waals surface area contributed by atoms with Crippen molar-refractivity contribution in [3.63, 3.8) is 0 Å². The molecule has 0 aromatic rings. The summed E-state index contributed by atoms with van der Waals surface area (Å²) in [5.41, 5.74) is -0.387. The van der Waals surface area contributed by atoms with E-state index in [2.05, 4.69) is 5.32 Å². The molecule has 2 fully saturated rings. The lowest BCUT2D eigenvalue weighted by Crippen LogP contribution is -2.45. The van der Waals surface area contributed by atoms with Crippen molar-refractivity contribution in [2.24, 2.45) is 11.8 Å². The first-order chi connectivity index (χ1) is 7.46. The smallest absolute Gasteiger partial charge is 0.410 e. The molecule has 2 saturated heterocycles. The van der Waals surface area contributed by atoms with Gasteiger partial charge in [0, 0.05) is 13.1 Å². The molecule has 0 spiro atoms. The minimum atomic E-state index is -0.387. The first-order valence-corrected chi connectivity index (χ1v) is 6.14. The zero-order chi connectivity index (χ0) is 11.8. The highest BCUT2D eigenvalue weighted by Gasteiger charge is 2.35. The maximum absolute atomic E-state index is 11.9. The van der Waals surface area contributed by atoms with E-state index < -0.39 is 0 Å². The van der Waals surface area contributed by atoms with E-state index in [9.17, 15) is 4.79 Å². The highest BCUT2D eigenvalue weighted by Crippen LogP contribution is 2.27. The topological polar surface area (TPSA) is 41.6 Å². The molecular formula is C12H23ClN2O2. The van der Waals surface area contributed by atoms with Gasteiger partial charge in [-0.15, -0.1) is 12.4 Å². The molecule has 0 aromatic carbocycles. The Morgan fingerprint density at radius 2 is 1.94 bits per heavy atom. The predicted octanol–water partition coefficient (Wildman–Crippen LogP) is 1.88.